The number of rotatable bonds is 4. The smallest absolute Gasteiger partial charge is 0.324 e. The van der Waals surface area contributed by atoms with Gasteiger partial charge in [0, 0.05) is 23.6 Å². The summed E-state index contributed by atoms with van der Waals surface area (Å²) in [7, 11) is 0. The van der Waals surface area contributed by atoms with Crippen molar-refractivity contribution in [1.29, 1.82) is 0 Å². The molecule has 3 heterocycles. The van der Waals surface area contributed by atoms with Crippen molar-refractivity contribution in [3.63, 3.8) is 0 Å². The first kappa shape index (κ1) is 20.7. The zero-order chi connectivity index (χ0) is 23.3. The first-order chi connectivity index (χ1) is 15.8. The molecule has 0 aliphatic heterocycles. The second-order valence-electron chi connectivity index (χ2n) is 8.48. The van der Waals surface area contributed by atoms with Gasteiger partial charge in [-0.05, 0) is 57.0 Å². The molecule has 0 radical (unpaired) electrons. The third kappa shape index (κ3) is 3.69. The number of carbonyl (C=O) groups is 1. The van der Waals surface area contributed by atoms with Gasteiger partial charge in [0.15, 0.2) is 5.65 Å². The highest BCUT2D eigenvalue weighted by Crippen LogP contribution is 2.25. The van der Waals surface area contributed by atoms with Crippen LogP contribution >= 0.6 is 0 Å². The van der Waals surface area contributed by atoms with Crippen LogP contribution in [0.25, 0.3) is 22.4 Å². The molecule has 0 bridgehead atoms. The molecule has 3 aromatic heterocycles. The Labute approximate surface area is 190 Å². The number of aromatic nitrogens is 5. The minimum atomic E-state index is -0.377. The van der Waals surface area contributed by atoms with Crippen molar-refractivity contribution in [2.45, 2.75) is 34.2 Å². The van der Waals surface area contributed by atoms with Gasteiger partial charge in [0.25, 0.3) is 0 Å². The van der Waals surface area contributed by atoms with Gasteiger partial charge in [-0.25, -0.2) is 18.4 Å². The Bertz CT molecular complexity index is 1610. The van der Waals surface area contributed by atoms with Crippen LogP contribution in [-0.2, 0) is 11.3 Å². The maximum Gasteiger partial charge on any atom is 0.350 e. The fourth-order valence-electron chi connectivity index (χ4n) is 4.06. The van der Waals surface area contributed by atoms with Crippen molar-refractivity contribution in [3.8, 4) is 11.3 Å². The molecule has 1 amide bonds. The van der Waals surface area contributed by atoms with Crippen LogP contribution < -0.4 is 11.0 Å². The summed E-state index contributed by atoms with van der Waals surface area (Å²) in [5.74, 6) is -0.312. The number of hydrogen-bond donors (Lipinski definition) is 1. The number of nitrogens with one attached hydrogen (secondary N) is 1. The fraction of sp³-hybridized carbons (Fsp3) is 0.200. The van der Waals surface area contributed by atoms with Crippen molar-refractivity contribution in [1.82, 2.24) is 23.8 Å². The van der Waals surface area contributed by atoms with Gasteiger partial charge >= 0.3 is 5.69 Å². The predicted octanol–water partition coefficient (Wildman–Crippen LogP) is 3.68. The average Bonchev–Trinajstić information content (AvgIpc) is 3.33. The molecule has 2 aromatic carbocycles. The molecule has 8 nitrogen and oxygen atoms in total. The summed E-state index contributed by atoms with van der Waals surface area (Å²) in [4.78, 5) is 25.5. The van der Waals surface area contributed by atoms with Crippen LogP contribution in [0.4, 0.5) is 5.69 Å². The zero-order valence-corrected chi connectivity index (χ0v) is 19.0. The van der Waals surface area contributed by atoms with Crippen LogP contribution in [-0.4, -0.2) is 29.7 Å². The molecule has 1 N–H and O–H groups in total. The lowest BCUT2D eigenvalue weighted by Crippen LogP contribution is -2.28. The normalized spacial score (nSPS) is 11.4. The third-order valence-electron chi connectivity index (χ3n) is 5.81. The van der Waals surface area contributed by atoms with E-state index in [1.165, 1.54) is 9.08 Å². The second-order valence-corrected chi connectivity index (χ2v) is 8.48. The van der Waals surface area contributed by atoms with Gasteiger partial charge in [-0.3, -0.25) is 4.79 Å². The summed E-state index contributed by atoms with van der Waals surface area (Å²) in [6.45, 7) is 7.84. The fourth-order valence-corrected chi connectivity index (χ4v) is 4.06. The Morgan fingerprint density at radius 1 is 0.909 bits per heavy atom. The minimum Gasteiger partial charge on any atom is -0.324 e. The molecule has 0 aliphatic rings. The molecular formula is C25H24N6O2. The molecule has 8 heteroatoms. The van der Waals surface area contributed by atoms with E-state index in [0.717, 1.165) is 39.2 Å². The molecule has 0 aliphatic carbocycles. The standard InChI is InChI=1S/C25H24N6O2/c1-15-6-8-20(18(4)11-15)26-23(32)14-31-25(33)29-9-10-30-22(24(29)28-31)13-21(27-30)19-12-16(2)5-7-17(19)3/h5-13H,14H2,1-4H3,(H,26,32). The molecule has 0 unspecified atom stereocenters. The Balaban J connectivity index is 1.51. The van der Waals surface area contributed by atoms with Crippen molar-refractivity contribution >= 4 is 22.8 Å². The molecule has 0 atom stereocenters. The maximum absolute atomic E-state index is 12.9. The van der Waals surface area contributed by atoms with E-state index in [9.17, 15) is 9.59 Å². The first-order valence-corrected chi connectivity index (χ1v) is 10.7. The number of hydrogen-bond acceptors (Lipinski definition) is 4. The van der Waals surface area contributed by atoms with E-state index in [2.05, 4.69) is 33.7 Å². The van der Waals surface area contributed by atoms with Crippen molar-refractivity contribution in [2.24, 2.45) is 0 Å². The summed E-state index contributed by atoms with van der Waals surface area (Å²) in [6.07, 6.45) is 3.34. The number of benzene rings is 2. The molecule has 0 saturated carbocycles. The summed E-state index contributed by atoms with van der Waals surface area (Å²) in [6, 6.07) is 13.9. The van der Waals surface area contributed by atoms with Gasteiger partial charge in [-0.1, -0.05) is 35.4 Å². The molecule has 0 saturated heterocycles. The van der Waals surface area contributed by atoms with E-state index < -0.39 is 0 Å². The van der Waals surface area contributed by atoms with Gasteiger partial charge < -0.3 is 5.32 Å². The lowest BCUT2D eigenvalue weighted by atomic mass is 10.0. The average molecular weight is 441 g/mol. The number of nitrogens with zero attached hydrogens (tertiary/aromatic N) is 5. The number of fused-ring (bicyclic) bond motifs is 3. The van der Waals surface area contributed by atoms with Crippen LogP contribution in [0, 0.1) is 27.7 Å². The van der Waals surface area contributed by atoms with Crippen LogP contribution in [0.3, 0.4) is 0 Å². The molecule has 33 heavy (non-hydrogen) atoms. The minimum absolute atomic E-state index is 0.183. The Morgan fingerprint density at radius 3 is 2.45 bits per heavy atom. The molecular weight excluding hydrogens is 416 g/mol. The summed E-state index contributed by atoms with van der Waals surface area (Å²) in [5, 5.41) is 12.0. The van der Waals surface area contributed by atoms with E-state index in [0.29, 0.717) is 11.2 Å². The van der Waals surface area contributed by atoms with E-state index in [-0.39, 0.29) is 18.1 Å². The number of anilines is 1. The number of amides is 1. The lowest BCUT2D eigenvalue weighted by Gasteiger charge is -2.08. The van der Waals surface area contributed by atoms with Crippen molar-refractivity contribution < 1.29 is 4.79 Å². The molecule has 0 fully saturated rings. The topological polar surface area (TPSA) is 85.7 Å². The molecule has 166 valence electrons. The highest BCUT2D eigenvalue weighted by Gasteiger charge is 2.16. The van der Waals surface area contributed by atoms with Gasteiger partial charge in [-0.2, -0.15) is 5.10 Å². The maximum atomic E-state index is 12.9. The van der Waals surface area contributed by atoms with Gasteiger partial charge in [0.1, 0.15) is 12.1 Å². The Hall–Kier alpha value is -4.20. The summed E-state index contributed by atoms with van der Waals surface area (Å²) < 4.78 is 4.33. The summed E-state index contributed by atoms with van der Waals surface area (Å²) in [5.41, 5.74) is 7.67. The van der Waals surface area contributed by atoms with Crippen LogP contribution in [0.1, 0.15) is 22.3 Å². The third-order valence-corrected chi connectivity index (χ3v) is 5.81. The van der Waals surface area contributed by atoms with Crippen LogP contribution in [0.5, 0.6) is 0 Å². The van der Waals surface area contributed by atoms with Gasteiger partial charge in [-0.15, -0.1) is 5.10 Å². The lowest BCUT2D eigenvalue weighted by molar-refractivity contribution is -0.117. The number of carbonyl (C=O) groups excluding carboxylic acids is 1. The Morgan fingerprint density at radius 2 is 1.67 bits per heavy atom. The predicted molar refractivity (Wildman–Crippen MR) is 128 cm³/mol. The van der Waals surface area contributed by atoms with E-state index >= 15 is 0 Å². The van der Waals surface area contributed by atoms with Crippen molar-refractivity contribution in [3.05, 3.63) is 87.6 Å². The Kier molecular flexibility index (Phi) is 4.85. The zero-order valence-electron chi connectivity index (χ0n) is 19.0. The van der Waals surface area contributed by atoms with Crippen molar-refractivity contribution in [2.75, 3.05) is 5.32 Å². The monoisotopic (exact) mass is 440 g/mol. The van der Waals surface area contributed by atoms with E-state index in [1.54, 1.807) is 16.9 Å². The molecule has 5 rings (SSSR count). The van der Waals surface area contributed by atoms with E-state index in [4.69, 9.17) is 0 Å². The first-order valence-electron chi connectivity index (χ1n) is 10.7. The molecule has 0 spiro atoms. The highest BCUT2D eigenvalue weighted by molar-refractivity contribution is 5.91. The van der Waals surface area contributed by atoms with Crippen LogP contribution in [0.2, 0.25) is 0 Å². The van der Waals surface area contributed by atoms with Gasteiger partial charge in [0.05, 0.1) is 5.69 Å². The van der Waals surface area contributed by atoms with E-state index in [1.807, 2.05) is 52.0 Å². The number of aryl methyl sites for hydroxylation is 4. The largest absolute Gasteiger partial charge is 0.350 e. The highest BCUT2D eigenvalue weighted by atomic mass is 16.2. The SMILES string of the molecule is Cc1ccc(NC(=O)Cn2nc3c4cc(-c5cc(C)ccc5C)nn4ccn3c2=O)c(C)c1. The quantitative estimate of drug-likeness (QED) is 0.462. The second kappa shape index (κ2) is 7.74. The molecule has 5 aromatic rings. The summed E-state index contributed by atoms with van der Waals surface area (Å²) >= 11 is 0. The van der Waals surface area contributed by atoms with Gasteiger partial charge in [0.2, 0.25) is 5.91 Å². The van der Waals surface area contributed by atoms with Crippen LogP contribution in [0.15, 0.2) is 59.7 Å².